The molecule has 1 aliphatic rings. The maximum atomic E-state index is 12.2. The van der Waals surface area contributed by atoms with Crippen molar-refractivity contribution in [2.24, 2.45) is 0 Å². The molecule has 0 saturated carbocycles. The monoisotopic (exact) mass is 332 g/mol. The highest BCUT2D eigenvalue weighted by molar-refractivity contribution is 7.89. The molecule has 0 amide bonds. The van der Waals surface area contributed by atoms with E-state index in [1.54, 1.807) is 25.3 Å². The average molecular weight is 333 g/mol. The van der Waals surface area contributed by atoms with Crippen molar-refractivity contribution in [1.82, 2.24) is 10.0 Å². The van der Waals surface area contributed by atoms with Gasteiger partial charge in [0.25, 0.3) is 0 Å². The van der Waals surface area contributed by atoms with Crippen LogP contribution in [0.1, 0.15) is 12.0 Å². The van der Waals surface area contributed by atoms with Crippen LogP contribution in [0.3, 0.4) is 0 Å². The third-order valence-electron chi connectivity index (χ3n) is 3.17. The number of rotatable bonds is 6. The van der Waals surface area contributed by atoms with Crippen LogP contribution in [0, 0.1) is 0 Å². The molecule has 118 valence electrons. The Balaban J connectivity index is 0.00000220. The minimum Gasteiger partial charge on any atom is -0.380 e. The van der Waals surface area contributed by atoms with Gasteiger partial charge in [-0.15, -0.1) is 12.4 Å². The largest absolute Gasteiger partial charge is 0.380 e. The molecule has 5 nitrogen and oxygen atoms in total. The highest BCUT2D eigenvalue weighted by Crippen LogP contribution is 2.13. The zero-order valence-electron chi connectivity index (χ0n) is 12.0. The molecule has 2 rings (SSSR count). The Morgan fingerprint density at radius 2 is 2.19 bits per heavy atom. The van der Waals surface area contributed by atoms with Crippen molar-refractivity contribution in [1.29, 1.82) is 0 Å². The molecule has 0 aromatic heterocycles. The Bertz CT molecular complexity index is 588. The van der Waals surface area contributed by atoms with E-state index in [0.29, 0.717) is 13.2 Å². The molecule has 0 unspecified atom stereocenters. The van der Waals surface area contributed by atoms with Crippen molar-refractivity contribution in [2.75, 3.05) is 26.7 Å². The zero-order chi connectivity index (χ0) is 14.4. The lowest BCUT2D eigenvalue weighted by atomic mass is 10.1. The van der Waals surface area contributed by atoms with Gasteiger partial charge in [0.1, 0.15) is 0 Å². The first kappa shape index (κ1) is 18.1. The summed E-state index contributed by atoms with van der Waals surface area (Å²) in [5, 5.41) is 3.20. The van der Waals surface area contributed by atoms with Gasteiger partial charge in [-0.05, 0) is 30.7 Å². The summed E-state index contributed by atoms with van der Waals surface area (Å²) in [6.45, 7) is 2.48. The molecule has 21 heavy (non-hydrogen) atoms. The number of halogens is 1. The van der Waals surface area contributed by atoms with Crippen molar-refractivity contribution in [3.63, 3.8) is 0 Å². The van der Waals surface area contributed by atoms with Gasteiger partial charge >= 0.3 is 0 Å². The van der Waals surface area contributed by atoms with Gasteiger partial charge in [0.15, 0.2) is 0 Å². The molecule has 1 heterocycles. The van der Waals surface area contributed by atoms with Gasteiger partial charge in [-0.3, -0.25) is 0 Å². The summed E-state index contributed by atoms with van der Waals surface area (Å²) >= 11 is 0. The molecule has 1 aliphatic heterocycles. The third kappa shape index (κ3) is 5.41. The van der Waals surface area contributed by atoms with Crippen LogP contribution in [0.5, 0.6) is 0 Å². The Labute approximate surface area is 132 Å². The summed E-state index contributed by atoms with van der Waals surface area (Å²) < 4.78 is 32.1. The minimum atomic E-state index is -3.47. The standard InChI is InChI=1S/C14H20N2O3S.ClH/c1-19-11-13-3-2-4-14(9-13)20(17,18)16-10-12-5-7-15-8-6-12;/h2-5,9,15-16H,6-8,10-11H2,1H3;1H. The van der Waals surface area contributed by atoms with Crippen molar-refractivity contribution in [3.8, 4) is 0 Å². The highest BCUT2D eigenvalue weighted by Gasteiger charge is 2.15. The summed E-state index contributed by atoms with van der Waals surface area (Å²) in [6.07, 6.45) is 2.92. The van der Waals surface area contributed by atoms with Crippen molar-refractivity contribution >= 4 is 22.4 Å². The fourth-order valence-electron chi connectivity index (χ4n) is 2.07. The van der Waals surface area contributed by atoms with Crippen molar-refractivity contribution < 1.29 is 13.2 Å². The molecule has 1 aromatic carbocycles. The lowest BCUT2D eigenvalue weighted by molar-refractivity contribution is 0.184. The van der Waals surface area contributed by atoms with Crippen LogP contribution in [-0.4, -0.2) is 35.2 Å². The Hall–Kier alpha value is -0.920. The fraction of sp³-hybridized carbons (Fsp3) is 0.429. The van der Waals surface area contributed by atoms with E-state index in [1.165, 1.54) is 0 Å². The van der Waals surface area contributed by atoms with Crippen molar-refractivity contribution in [3.05, 3.63) is 41.5 Å². The third-order valence-corrected chi connectivity index (χ3v) is 4.57. The molecule has 1 aromatic rings. The van der Waals surface area contributed by atoms with Gasteiger partial charge in [0, 0.05) is 20.2 Å². The number of benzene rings is 1. The van der Waals surface area contributed by atoms with Gasteiger partial charge in [0.05, 0.1) is 11.5 Å². The van der Waals surface area contributed by atoms with E-state index in [1.807, 2.05) is 12.1 Å². The Morgan fingerprint density at radius 3 is 2.86 bits per heavy atom. The number of hydrogen-bond acceptors (Lipinski definition) is 4. The summed E-state index contributed by atoms with van der Waals surface area (Å²) in [4.78, 5) is 0.279. The number of nitrogens with one attached hydrogen (secondary N) is 2. The van der Waals surface area contributed by atoms with Crippen LogP contribution < -0.4 is 10.0 Å². The number of methoxy groups -OCH3 is 1. The van der Waals surface area contributed by atoms with Crippen LogP contribution in [0.4, 0.5) is 0 Å². The lowest BCUT2D eigenvalue weighted by Gasteiger charge is -2.15. The summed E-state index contributed by atoms with van der Waals surface area (Å²) in [6, 6.07) is 6.81. The first-order valence-corrected chi connectivity index (χ1v) is 8.06. The SMILES string of the molecule is COCc1cccc(S(=O)(=O)NCC2=CCNCC2)c1.Cl. The molecule has 0 radical (unpaired) electrons. The molecule has 2 N–H and O–H groups in total. The highest BCUT2D eigenvalue weighted by atomic mass is 35.5. The second-order valence-corrected chi connectivity index (χ2v) is 6.49. The molecular weight excluding hydrogens is 312 g/mol. The molecule has 7 heteroatoms. The van der Waals surface area contributed by atoms with Gasteiger partial charge < -0.3 is 10.1 Å². The normalized spacial score (nSPS) is 15.2. The fourth-order valence-corrected chi connectivity index (χ4v) is 3.18. The summed E-state index contributed by atoms with van der Waals surface area (Å²) in [5.41, 5.74) is 1.97. The maximum absolute atomic E-state index is 12.2. The van der Waals surface area contributed by atoms with E-state index in [0.717, 1.165) is 30.6 Å². The smallest absolute Gasteiger partial charge is 0.240 e. The first-order chi connectivity index (χ1) is 9.62. The van der Waals surface area contributed by atoms with E-state index in [4.69, 9.17) is 4.74 Å². The summed E-state index contributed by atoms with van der Waals surface area (Å²) in [7, 11) is -1.88. The van der Waals surface area contributed by atoms with Crippen molar-refractivity contribution in [2.45, 2.75) is 17.9 Å². The molecule has 0 atom stereocenters. The number of ether oxygens (including phenoxy) is 1. The first-order valence-electron chi connectivity index (χ1n) is 6.58. The van der Waals surface area contributed by atoms with Crippen LogP contribution >= 0.6 is 12.4 Å². The number of sulfonamides is 1. The maximum Gasteiger partial charge on any atom is 0.240 e. The van der Waals surface area contributed by atoms with Crippen LogP contribution in [0.25, 0.3) is 0 Å². The van der Waals surface area contributed by atoms with E-state index >= 15 is 0 Å². The van der Waals surface area contributed by atoms with E-state index in [9.17, 15) is 8.42 Å². The second-order valence-electron chi connectivity index (χ2n) is 4.72. The minimum absolute atomic E-state index is 0. The van der Waals surface area contributed by atoms with Gasteiger partial charge in [-0.2, -0.15) is 0 Å². The second kappa shape index (κ2) is 8.51. The van der Waals surface area contributed by atoms with E-state index in [2.05, 4.69) is 10.0 Å². The van der Waals surface area contributed by atoms with Crippen LogP contribution in [-0.2, 0) is 21.4 Å². The molecule has 0 aliphatic carbocycles. The molecule has 0 bridgehead atoms. The Kier molecular flexibility index (Phi) is 7.34. The van der Waals surface area contributed by atoms with Crippen LogP contribution in [0.15, 0.2) is 40.8 Å². The quantitative estimate of drug-likeness (QED) is 0.774. The van der Waals surface area contributed by atoms with E-state index in [-0.39, 0.29) is 17.3 Å². The topological polar surface area (TPSA) is 67.4 Å². The predicted molar refractivity (Wildman–Crippen MR) is 85.2 cm³/mol. The molecule has 0 spiro atoms. The van der Waals surface area contributed by atoms with E-state index < -0.39 is 10.0 Å². The molecular formula is C14H21ClN2O3S. The number of hydrogen-bond donors (Lipinski definition) is 2. The zero-order valence-corrected chi connectivity index (χ0v) is 13.6. The Morgan fingerprint density at radius 1 is 1.38 bits per heavy atom. The van der Waals surface area contributed by atoms with Gasteiger partial charge in [-0.25, -0.2) is 13.1 Å². The predicted octanol–water partition coefficient (Wildman–Crippen LogP) is 1.45. The summed E-state index contributed by atoms with van der Waals surface area (Å²) in [5.74, 6) is 0. The van der Waals surface area contributed by atoms with Gasteiger partial charge in [0.2, 0.25) is 10.0 Å². The lowest BCUT2D eigenvalue weighted by Crippen LogP contribution is -2.29. The molecule has 0 saturated heterocycles. The molecule has 0 fully saturated rings. The van der Waals surface area contributed by atoms with Crippen LogP contribution in [0.2, 0.25) is 0 Å². The van der Waals surface area contributed by atoms with Gasteiger partial charge in [-0.1, -0.05) is 23.8 Å². The average Bonchev–Trinajstić information content (AvgIpc) is 2.47.